The molecule has 1 atom stereocenters. The SMILES string of the molecule is CCCCCCCCC(c1ccc(-c2ccc(F)cc2F)cc1)C(C)(C)OC. The molecule has 0 saturated carbocycles. The number of ether oxygens (including phenoxy) is 1. The molecular formula is C25H34F2O. The first-order chi connectivity index (χ1) is 13.4. The van der Waals surface area contributed by atoms with Gasteiger partial charge in [-0.3, -0.25) is 0 Å². The van der Waals surface area contributed by atoms with Crippen LogP contribution in [0.25, 0.3) is 11.1 Å². The van der Waals surface area contributed by atoms with Gasteiger partial charge in [0.1, 0.15) is 11.6 Å². The molecule has 0 aromatic heterocycles. The summed E-state index contributed by atoms with van der Waals surface area (Å²) in [5, 5.41) is 0. The van der Waals surface area contributed by atoms with E-state index in [1.807, 2.05) is 12.1 Å². The van der Waals surface area contributed by atoms with E-state index in [-0.39, 0.29) is 11.5 Å². The normalized spacial score (nSPS) is 12.9. The largest absolute Gasteiger partial charge is 0.378 e. The van der Waals surface area contributed by atoms with Gasteiger partial charge in [0, 0.05) is 24.7 Å². The van der Waals surface area contributed by atoms with Crippen molar-refractivity contribution in [3.05, 3.63) is 59.7 Å². The molecule has 0 heterocycles. The predicted octanol–water partition coefficient (Wildman–Crippen LogP) is 7.89. The van der Waals surface area contributed by atoms with Crippen molar-refractivity contribution in [3.8, 4) is 11.1 Å². The minimum absolute atomic E-state index is 0.272. The van der Waals surface area contributed by atoms with Crippen LogP contribution in [0.4, 0.5) is 8.78 Å². The van der Waals surface area contributed by atoms with Gasteiger partial charge in [-0.05, 0) is 43.5 Å². The third-order valence-electron chi connectivity index (χ3n) is 5.77. The molecule has 3 heteroatoms. The van der Waals surface area contributed by atoms with Gasteiger partial charge >= 0.3 is 0 Å². The summed E-state index contributed by atoms with van der Waals surface area (Å²) in [6.07, 6.45) is 8.67. The Morgan fingerprint density at radius 2 is 1.54 bits per heavy atom. The number of unbranched alkanes of at least 4 members (excludes halogenated alkanes) is 5. The second-order valence-corrected chi connectivity index (χ2v) is 8.16. The van der Waals surface area contributed by atoms with Crippen LogP contribution in [0.15, 0.2) is 42.5 Å². The summed E-state index contributed by atoms with van der Waals surface area (Å²) in [4.78, 5) is 0. The minimum Gasteiger partial charge on any atom is -0.378 e. The van der Waals surface area contributed by atoms with Crippen LogP contribution in [0.5, 0.6) is 0 Å². The molecule has 2 rings (SSSR count). The average Bonchev–Trinajstić information content (AvgIpc) is 2.68. The van der Waals surface area contributed by atoms with Crippen LogP contribution in [-0.4, -0.2) is 12.7 Å². The molecule has 0 aliphatic carbocycles. The highest BCUT2D eigenvalue weighted by molar-refractivity contribution is 5.64. The third kappa shape index (κ3) is 6.13. The van der Waals surface area contributed by atoms with Crippen LogP contribution in [0.3, 0.4) is 0 Å². The molecule has 2 aromatic rings. The van der Waals surface area contributed by atoms with E-state index in [9.17, 15) is 8.78 Å². The fourth-order valence-corrected chi connectivity index (χ4v) is 3.81. The van der Waals surface area contributed by atoms with E-state index in [0.29, 0.717) is 5.56 Å². The van der Waals surface area contributed by atoms with Crippen molar-refractivity contribution in [2.45, 2.75) is 77.2 Å². The van der Waals surface area contributed by atoms with Gasteiger partial charge in [-0.15, -0.1) is 0 Å². The monoisotopic (exact) mass is 388 g/mol. The van der Waals surface area contributed by atoms with E-state index in [0.717, 1.165) is 18.1 Å². The van der Waals surface area contributed by atoms with Crippen LogP contribution < -0.4 is 0 Å². The van der Waals surface area contributed by atoms with Gasteiger partial charge < -0.3 is 4.74 Å². The quantitative estimate of drug-likeness (QED) is 0.356. The first-order valence-corrected chi connectivity index (χ1v) is 10.5. The van der Waals surface area contributed by atoms with E-state index in [1.165, 1.54) is 56.2 Å². The zero-order valence-corrected chi connectivity index (χ0v) is 17.7. The van der Waals surface area contributed by atoms with Gasteiger partial charge in [0.15, 0.2) is 0 Å². The fourth-order valence-electron chi connectivity index (χ4n) is 3.81. The number of halogens is 2. The molecule has 0 aliphatic heterocycles. The summed E-state index contributed by atoms with van der Waals surface area (Å²) < 4.78 is 33.0. The maximum absolute atomic E-state index is 14.1. The highest BCUT2D eigenvalue weighted by Gasteiger charge is 2.30. The first-order valence-electron chi connectivity index (χ1n) is 10.5. The van der Waals surface area contributed by atoms with E-state index in [4.69, 9.17) is 4.74 Å². The average molecular weight is 389 g/mol. The van der Waals surface area contributed by atoms with Gasteiger partial charge in [0.2, 0.25) is 0 Å². The maximum Gasteiger partial charge on any atom is 0.133 e. The molecule has 0 saturated heterocycles. The van der Waals surface area contributed by atoms with Crippen molar-refractivity contribution in [3.63, 3.8) is 0 Å². The molecular weight excluding hydrogens is 354 g/mol. The Balaban J connectivity index is 2.12. The number of methoxy groups -OCH3 is 1. The molecule has 28 heavy (non-hydrogen) atoms. The summed E-state index contributed by atoms with van der Waals surface area (Å²) in [5.74, 6) is -0.817. The number of rotatable bonds is 11. The van der Waals surface area contributed by atoms with Crippen LogP contribution in [0.1, 0.15) is 77.2 Å². The van der Waals surface area contributed by atoms with Crippen molar-refractivity contribution in [1.82, 2.24) is 0 Å². The van der Waals surface area contributed by atoms with Crippen molar-refractivity contribution in [2.24, 2.45) is 0 Å². The summed E-state index contributed by atoms with van der Waals surface area (Å²) in [6, 6.07) is 11.7. The Morgan fingerprint density at radius 1 is 0.893 bits per heavy atom. The lowest BCUT2D eigenvalue weighted by atomic mass is 9.80. The van der Waals surface area contributed by atoms with Gasteiger partial charge in [0.25, 0.3) is 0 Å². The van der Waals surface area contributed by atoms with E-state index in [1.54, 1.807) is 7.11 Å². The Morgan fingerprint density at radius 3 is 2.14 bits per heavy atom. The first kappa shape index (κ1) is 22.5. The summed E-state index contributed by atoms with van der Waals surface area (Å²) >= 11 is 0. The topological polar surface area (TPSA) is 9.23 Å². The second-order valence-electron chi connectivity index (χ2n) is 8.16. The number of hydrogen-bond acceptors (Lipinski definition) is 1. The summed E-state index contributed by atoms with van der Waals surface area (Å²) in [5.41, 5.74) is 2.11. The molecule has 0 bridgehead atoms. The van der Waals surface area contributed by atoms with Crippen molar-refractivity contribution >= 4 is 0 Å². The van der Waals surface area contributed by atoms with E-state index in [2.05, 4.69) is 32.9 Å². The molecule has 0 N–H and O–H groups in total. The van der Waals surface area contributed by atoms with Crippen molar-refractivity contribution < 1.29 is 13.5 Å². The van der Waals surface area contributed by atoms with Crippen LogP contribution in [-0.2, 0) is 4.74 Å². The Kier molecular flexibility index (Phi) is 8.62. The molecule has 0 aliphatic rings. The molecule has 1 unspecified atom stereocenters. The third-order valence-corrected chi connectivity index (χ3v) is 5.77. The Hall–Kier alpha value is -1.74. The smallest absolute Gasteiger partial charge is 0.133 e. The molecule has 0 amide bonds. The Bertz CT molecular complexity index is 722. The van der Waals surface area contributed by atoms with Gasteiger partial charge in [0.05, 0.1) is 5.60 Å². The van der Waals surface area contributed by atoms with Crippen molar-refractivity contribution in [1.29, 1.82) is 0 Å². The van der Waals surface area contributed by atoms with Crippen LogP contribution in [0, 0.1) is 11.6 Å². The van der Waals surface area contributed by atoms with Gasteiger partial charge in [-0.25, -0.2) is 8.78 Å². The van der Waals surface area contributed by atoms with Crippen LogP contribution in [0.2, 0.25) is 0 Å². The summed E-state index contributed by atoms with van der Waals surface area (Å²) in [7, 11) is 1.76. The number of hydrogen-bond donors (Lipinski definition) is 0. The minimum atomic E-state index is -0.557. The van der Waals surface area contributed by atoms with Gasteiger partial charge in [-0.1, -0.05) is 69.7 Å². The zero-order chi connectivity index (χ0) is 20.6. The Labute approximate surface area is 169 Å². The van der Waals surface area contributed by atoms with E-state index < -0.39 is 11.6 Å². The highest BCUT2D eigenvalue weighted by Crippen LogP contribution is 2.36. The van der Waals surface area contributed by atoms with Crippen molar-refractivity contribution in [2.75, 3.05) is 7.11 Å². The molecule has 2 aromatic carbocycles. The molecule has 1 nitrogen and oxygen atoms in total. The molecule has 0 radical (unpaired) electrons. The number of benzene rings is 2. The molecule has 154 valence electrons. The predicted molar refractivity (Wildman–Crippen MR) is 114 cm³/mol. The van der Waals surface area contributed by atoms with Crippen LogP contribution >= 0.6 is 0 Å². The zero-order valence-electron chi connectivity index (χ0n) is 17.7. The lowest BCUT2D eigenvalue weighted by molar-refractivity contribution is -0.00449. The standard InChI is InChI=1S/C25H34F2O/c1-5-6-7-8-9-10-11-23(25(2,3)28-4)20-14-12-19(13-15-20)22-17-16-21(26)18-24(22)27/h12-18,23H,5-11H2,1-4H3. The lowest BCUT2D eigenvalue weighted by Crippen LogP contribution is -2.31. The lowest BCUT2D eigenvalue weighted by Gasteiger charge is -2.34. The molecule has 0 fully saturated rings. The van der Waals surface area contributed by atoms with E-state index >= 15 is 0 Å². The summed E-state index contributed by atoms with van der Waals surface area (Å²) in [6.45, 7) is 6.49. The van der Waals surface area contributed by atoms with Gasteiger partial charge in [-0.2, -0.15) is 0 Å². The second kappa shape index (κ2) is 10.7. The molecule has 0 spiro atoms. The maximum atomic E-state index is 14.1. The fraction of sp³-hybridized carbons (Fsp3) is 0.520. The highest BCUT2D eigenvalue weighted by atomic mass is 19.1.